The van der Waals surface area contributed by atoms with Gasteiger partial charge in [0, 0.05) is 24.9 Å². The number of fused-ring (bicyclic) bond motifs is 1. The van der Waals surface area contributed by atoms with Crippen molar-refractivity contribution in [1.29, 1.82) is 5.26 Å². The summed E-state index contributed by atoms with van der Waals surface area (Å²) in [5.74, 6) is 3.16. The molecule has 1 atom stereocenters. The van der Waals surface area contributed by atoms with E-state index in [1.165, 1.54) is 0 Å². The summed E-state index contributed by atoms with van der Waals surface area (Å²) in [6.45, 7) is 8.48. The summed E-state index contributed by atoms with van der Waals surface area (Å²) in [7, 11) is 0. The quantitative estimate of drug-likeness (QED) is 0.380. The molecule has 2 aromatic rings. The summed E-state index contributed by atoms with van der Waals surface area (Å²) in [5, 5.41) is 20.4. The van der Waals surface area contributed by atoms with Gasteiger partial charge in [-0.1, -0.05) is 26.0 Å². The van der Waals surface area contributed by atoms with Crippen molar-refractivity contribution in [2.24, 2.45) is 4.99 Å². The minimum atomic E-state index is 0. The predicted octanol–water partition coefficient (Wildman–Crippen LogP) is 2.96. The average molecular weight is 493 g/mol. The SMILES string of the molecule is CCNC(=NCc1ccc(C#N)cc1)NC1CCc2nc(C(C)C)nn2C1.I. The smallest absolute Gasteiger partial charge is 0.191 e. The van der Waals surface area contributed by atoms with Gasteiger partial charge in [0.25, 0.3) is 0 Å². The molecule has 1 unspecified atom stereocenters. The van der Waals surface area contributed by atoms with Crippen molar-refractivity contribution in [2.75, 3.05) is 6.54 Å². The van der Waals surface area contributed by atoms with Gasteiger partial charge in [-0.2, -0.15) is 10.4 Å². The van der Waals surface area contributed by atoms with Gasteiger partial charge in [-0.3, -0.25) is 0 Å². The molecule has 7 nitrogen and oxygen atoms in total. The molecular weight excluding hydrogens is 465 g/mol. The van der Waals surface area contributed by atoms with Crippen LogP contribution in [0.1, 0.15) is 55.9 Å². The predicted molar refractivity (Wildman–Crippen MR) is 121 cm³/mol. The number of aromatic nitrogens is 3. The Morgan fingerprint density at radius 2 is 2.11 bits per heavy atom. The summed E-state index contributed by atoms with van der Waals surface area (Å²) < 4.78 is 2.03. The number of nitriles is 1. The van der Waals surface area contributed by atoms with Crippen LogP contribution in [0.2, 0.25) is 0 Å². The Labute approximate surface area is 183 Å². The van der Waals surface area contributed by atoms with Crippen LogP contribution in [0.5, 0.6) is 0 Å². The lowest BCUT2D eigenvalue weighted by molar-refractivity contribution is 0.391. The molecule has 2 heterocycles. The first-order chi connectivity index (χ1) is 13.1. The van der Waals surface area contributed by atoms with Crippen molar-refractivity contribution in [1.82, 2.24) is 25.4 Å². The Morgan fingerprint density at radius 3 is 2.75 bits per heavy atom. The monoisotopic (exact) mass is 493 g/mol. The molecule has 0 amide bonds. The van der Waals surface area contributed by atoms with Gasteiger partial charge in [0.2, 0.25) is 0 Å². The van der Waals surface area contributed by atoms with Crippen LogP contribution in [-0.2, 0) is 19.5 Å². The summed E-state index contributed by atoms with van der Waals surface area (Å²) in [4.78, 5) is 9.33. The maximum atomic E-state index is 8.89. The zero-order chi connectivity index (χ0) is 19.2. The highest BCUT2D eigenvalue weighted by Gasteiger charge is 2.23. The van der Waals surface area contributed by atoms with Crippen LogP contribution < -0.4 is 10.6 Å². The third-order valence-electron chi connectivity index (χ3n) is 4.58. The molecule has 0 aliphatic carbocycles. The number of rotatable bonds is 5. The molecule has 2 N–H and O–H groups in total. The normalized spacial score (nSPS) is 16.1. The second kappa shape index (κ2) is 10.4. The van der Waals surface area contributed by atoms with Crippen LogP contribution in [0, 0.1) is 11.3 Å². The fourth-order valence-electron chi connectivity index (χ4n) is 3.06. The standard InChI is InChI=1S/C20H27N7.HI/c1-4-22-20(23-12-16-7-5-15(11-21)6-8-16)24-17-9-10-18-25-19(14(2)3)26-27(18)13-17;/h5-8,14,17H,4,9-10,12-13H2,1-3H3,(H2,22,23,24);1H. The molecule has 1 aliphatic rings. The van der Waals surface area contributed by atoms with Gasteiger partial charge in [-0.05, 0) is 31.0 Å². The van der Waals surface area contributed by atoms with Crippen molar-refractivity contribution in [3.63, 3.8) is 0 Å². The summed E-state index contributed by atoms with van der Waals surface area (Å²) in [5.41, 5.74) is 1.74. The lowest BCUT2D eigenvalue weighted by Crippen LogP contribution is -2.47. The topological polar surface area (TPSA) is 90.9 Å². The zero-order valence-electron chi connectivity index (χ0n) is 16.6. The van der Waals surface area contributed by atoms with Crippen LogP contribution in [0.4, 0.5) is 0 Å². The highest BCUT2D eigenvalue weighted by molar-refractivity contribution is 14.0. The van der Waals surface area contributed by atoms with E-state index in [-0.39, 0.29) is 30.0 Å². The maximum absolute atomic E-state index is 8.89. The number of halogens is 1. The molecule has 0 spiro atoms. The fourth-order valence-corrected chi connectivity index (χ4v) is 3.06. The average Bonchev–Trinajstić information content (AvgIpc) is 3.10. The molecule has 3 rings (SSSR count). The number of hydrogen-bond acceptors (Lipinski definition) is 4. The molecule has 1 aliphatic heterocycles. The van der Waals surface area contributed by atoms with Crippen molar-refractivity contribution in [2.45, 2.75) is 58.7 Å². The molecule has 0 saturated heterocycles. The second-order valence-corrected chi connectivity index (χ2v) is 7.11. The van der Waals surface area contributed by atoms with Gasteiger partial charge in [0.05, 0.1) is 24.7 Å². The molecule has 1 aromatic carbocycles. The van der Waals surface area contributed by atoms with E-state index in [9.17, 15) is 0 Å². The minimum Gasteiger partial charge on any atom is -0.357 e. The summed E-state index contributed by atoms with van der Waals surface area (Å²) in [6, 6.07) is 9.95. The van der Waals surface area contributed by atoms with Gasteiger partial charge in [0.15, 0.2) is 11.8 Å². The van der Waals surface area contributed by atoms with E-state index >= 15 is 0 Å². The Bertz CT molecular complexity index is 833. The molecule has 0 bridgehead atoms. The van der Waals surface area contributed by atoms with E-state index in [4.69, 9.17) is 5.26 Å². The van der Waals surface area contributed by atoms with Crippen molar-refractivity contribution in [3.8, 4) is 6.07 Å². The van der Waals surface area contributed by atoms with E-state index < -0.39 is 0 Å². The third-order valence-corrected chi connectivity index (χ3v) is 4.58. The van der Waals surface area contributed by atoms with Crippen molar-refractivity contribution < 1.29 is 0 Å². The van der Waals surface area contributed by atoms with Gasteiger partial charge < -0.3 is 10.6 Å². The van der Waals surface area contributed by atoms with E-state index in [1.54, 1.807) is 0 Å². The first-order valence-electron chi connectivity index (χ1n) is 9.56. The molecule has 28 heavy (non-hydrogen) atoms. The summed E-state index contributed by atoms with van der Waals surface area (Å²) >= 11 is 0. The number of hydrogen-bond donors (Lipinski definition) is 2. The number of aryl methyl sites for hydroxylation is 1. The molecule has 0 radical (unpaired) electrons. The van der Waals surface area contributed by atoms with E-state index in [0.29, 0.717) is 18.0 Å². The molecule has 8 heteroatoms. The Balaban J connectivity index is 0.00000280. The van der Waals surface area contributed by atoms with E-state index in [2.05, 4.69) is 52.5 Å². The second-order valence-electron chi connectivity index (χ2n) is 7.11. The molecule has 0 saturated carbocycles. The lowest BCUT2D eigenvalue weighted by atomic mass is 10.1. The van der Waals surface area contributed by atoms with Crippen LogP contribution in [0.3, 0.4) is 0 Å². The Morgan fingerprint density at radius 1 is 1.36 bits per heavy atom. The number of nitrogens with zero attached hydrogens (tertiary/aromatic N) is 5. The van der Waals surface area contributed by atoms with Crippen LogP contribution in [0.15, 0.2) is 29.3 Å². The Kier molecular flexibility index (Phi) is 8.23. The fraction of sp³-hybridized carbons (Fsp3) is 0.500. The Hall–Kier alpha value is -2.15. The van der Waals surface area contributed by atoms with Gasteiger partial charge >= 0.3 is 0 Å². The zero-order valence-corrected chi connectivity index (χ0v) is 19.0. The first-order valence-corrected chi connectivity index (χ1v) is 9.56. The van der Waals surface area contributed by atoms with Crippen LogP contribution >= 0.6 is 24.0 Å². The van der Waals surface area contributed by atoms with Gasteiger partial charge in [-0.15, -0.1) is 24.0 Å². The van der Waals surface area contributed by atoms with Crippen LogP contribution in [-0.4, -0.2) is 33.3 Å². The van der Waals surface area contributed by atoms with Crippen molar-refractivity contribution >= 4 is 29.9 Å². The summed E-state index contributed by atoms with van der Waals surface area (Å²) in [6.07, 6.45) is 1.93. The first kappa shape index (κ1) is 22.1. The van der Waals surface area contributed by atoms with E-state index in [1.807, 2.05) is 28.9 Å². The van der Waals surface area contributed by atoms with Crippen LogP contribution in [0.25, 0.3) is 0 Å². The molecule has 150 valence electrons. The third kappa shape index (κ3) is 5.67. The molecular formula is C20H28IN7. The lowest BCUT2D eigenvalue weighted by Gasteiger charge is -2.25. The van der Waals surface area contributed by atoms with Gasteiger partial charge in [0.1, 0.15) is 5.82 Å². The minimum absolute atomic E-state index is 0. The highest BCUT2D eigenvalue weighted by Crippen LogP contribution is 2.17. The highest BCUT2D eigenvalue weighted by atomic mass is 127. The number of guanidine groups is 1. The van der Waals surface area contributed by atoms with Gasteiger partial charge in [-0.25, -0.2) is 14.7 Å². The number of nitrogens with one attached hydrogen (secondary N) is 2. The number of benzene rings is 1. The maximum Gasteiger partial charge on any atom is 0.191 e. The largest absolute Gasteiger partial charge is 0.357 e. The molecule has 0 fully saturated rings. The van der Waals surface area contributed by atoms with Crippen molar-refractivity contribution in [3.05, 3.63) is 47.0 Å². The number of aliphatic imine (C=N–C) groups is 1. The molecule has 1 aromatic heterocycles. The van der Waals surface area contributed by atoms with E-state index in [0.717, 1.165) is 49.1 Å².